The maximum absolute atomic E-state index is 12.7. The number of para-hydroxylation sites is 1. The van der Waals surface area contributed by atoms with Crippen LogP contribution in [0.4, 0.5) is 17.1 Å². The fourth-order valence-electron chi connectivity index (χ4n) is 3.41. The maximum atomic E-state index is 12.7. The van der Waals surface area contributed by atoms with E-state index < -0.39 is 0 Å². The third-order valence-corrected chi connectivity index (χ3v) is 4.98. The van der Waals surface area contributed by atoms with Crippen LogP contribution in [0, 0.1) is 6.92 Å². The quantitative estimate of drug-likeness (QED) is 0.720. The highest BCUT2D eigenvalue weighted by atomic mass is 16.2. The Labute approximate surface area is 164 Å². The third-order valence-electron chi connectivity index (χ3n) is 4.98. The second-order valence-electron chi connectivity index (χ2n) is 6.83. The van der Waals surface area contributed by atoms with Crippen molar-refractivity contribution in [2.75, 3.05) is 17.3 Å². The minimum absolute atomic E-state index is 0.0190. The number of nitrogens with zero attached hydrogens (tertiary/aromatic N) is 1. The standard InChI is InChI=1S/C23H21N3O2/c1-15-8-9-16(22(27)24-2)13-21(15)25-18-10-11-20-17(12-18)14-26(23(20)28)19-6-4-3-5-7-19/h3-13,25H,14H2,1-2H3,(H,24,27). The van der Waals surface area contributed by atoms with Gasteiger partial charge in [-0.1, -0.05) is 24.3 Å². The zero-order valence-corrected chi connectivity index (χ0v) is 15.8. The number of fused-ring (bicyclic) bond motifs is 1. The van der Waals surface area contributed by atoms with E-state index in [9.17, 15) is 9.59 Å². The van der Waals surface area contributed by atoms with E-state index in [-0.39, 0.29) is 11.8 Å². The lowest BCUT2D eigenvalue weighted by Crippen LogP contribution is -2.22. The summed E-state index contributed by atoms with van der Waals surface area (Å²) >= 11 is 0. The van der Waals surface area contributed by atoms with Gasteiger partial charge in [-0.25, -0.2) is 0 Å². The number of hydrogen-bond donors (Lipinski definition) is 2. The normalized spacial score (nSPS) is 12.6. The largest absolute Gasteiger partial charge is 0.355 e. The molecule has 0 aliphatic carbocycles. The summed E-state index contributed by atoms with van der Waals surface area (Å²) in [5.41, 5.74) is 6.00. The minimum atomic E-state index is -0.124. The lowest BCUT2D eigenvalue weighted by molar-refractivity contribution is 0.0961. The number of benzene rings is 3. The van der Waals surface area contributed by atoms with E-state index >= 15 is 0 Å². The number of carbonyl (C=O) groups excluding carboxylic acids is 2. The zero-order chi connectivity index (χ0) is 19.7. The molecule has 140 valence electrons. The van der Waals surface area contributed by atoms with Crippen molar-refractivity contribution in [1.82, 2.24) is 5.32 Å². The smallest absolute Gasteiger partial charge is 0.258 e. The van der Waals surface area contributed by atoms with E-state index in [0.717, 1.165) is 33.8 Å². The van der Waals surface area contributed by atoms with Crippen molar-refractivity contribution in [2.24, 2.45) is 0 Å². The summed E-state index contributed by atoms with van der Waals surface area (Å²) in [4.78, 5) is 26.4. The van der Waals surface area contributed by atoms with Gasteiger partial charge in [0, 0.05) is 35.2 Å². The SMILES string of the molecule is CNC(=O)c1ccc(C)c(Nc2ccc3c(c2)CN(c2ccccc2)C3=O)c1. The molecule has 0 unspecified atom stereocenters. The summed E-state index contributed by atoms with van der Waals surface area (Å²) in [6.45, 7) is 2.54. The lowest BCUT2D eigenvalue weighted by atomic mass is 10.1. The molecule has 1 heterocycles. The Kier molecular flexibility index (Phi) is 4.57. The molecule has 0 atom stereocenters. The summed E-state index contributed by atoms with van der Waals surface area (Å²) < 4.78 is 0. The monoisotopic (exact) mass is 371 g/mol. The van der Waals surface area contributed by atoms with Crippen molar-refractivity contribution in [2.45, 2.75) is 13.5 Å². The molecule has 3 aromatic rings. The van der Waals surface area contributed by atoms with Crippen LogP contribution in [0.2, 0.25) is 0 Å². The van der Waals surface area contributed by atoms with E-state index in [0.29, 0.717) is 12.1 Å². The van der Waals surface area contributed by atoms with E-state index in [1.54, 1.807) is 18.0 Å². The minimum Gasteiger partial charge on any atom is -0.355 e. The van der Waals surface area contributed by atoms with Crippen LogP contribution >= 0.6 is 0 Å². The molecule has 1 aliphatic rings. The molecule has 0 aromatic heterocycles. The van der Waals surface area contributed by atoms with E-state index in [1.807, 2.05) is 67.6 Å². The van der Waals surface area contributed by atoms with E-state index in [1.165, 1.54) is 0 Å². The maximum Gasteiger partial charge on any atom is 0.258 e. The molecular weight excluding hydrogens is 350 g/mol. The summed E-state index contributed by atoms with van der Waals surface area (Å²) in [5, 5.41) is 6.02. The molecule has 1 aliphatic heterocycles. The van der Waals surface area contributed by atoms with Crippen LogP contribution in [0.25, 0.3) is 0 Å². The first-order valence-electron chi connectivity index (χ1n) is 9.16. The summed E-state index contributed by atoms with van der Waals surface area (Å²) in [6.07, 6.45) is 0. The first-order valence-corrected chi connectivity index (χ1v) is 9.16. The average Bonchev–Trinajstić information content (AvgIpc) is 3.05. The number of amides is 2. The van der Waals surface area contributed by atoms with Gasteiger partial charge in [0.15, 0.2) is 0 Å². The fraction of sp³-hybridized carbons (Fsp3) is 0.130. The van der Waals surface area contributed by atoms with Gasteiger partial charge < -0.3 is 15.5 Å². The van der Waals surface area contributed by atoms with Crippen molar-refractivity contribution < 1.29 is 9.59 Å². The Bertz CT molecular complexity index is 1060. The average molecular weight is 371 g/mol. The van der Waals surface area contributed by atoms with Gasteiger partial charge in [-0.15, -0.1) is 0 Å². The van der Waals surface area contributed by atoms with Gasteiger partial charge >= 0.3 is 0 Å². The Morgan fingerprint density at radius 1 is 1.00 bits per heavy atom. The van der Waals surface area contributed by atoms with Gasteiger partial charge in [0.25, 0.3) is 11.8 Å². The summed E-state index contributed by atoms with van der Waals surface area (Å²) in [5.74, 6) is -0.105. The molecule has 0 spiro atoms. The first-order chi connectivity index (χ1) is 13.6. The molecule has 28 heavy (non-hydrogen) atoms. The third kappa shape index (κ3) is 3.22. The van der Waals surface area contributed by atoms with Gasteiger partial charge in [0.2, 0.25) is 0 Å². The molecule has 3 aromatic carbocycles. The van der Waals surface area contributed by atoms with E-state index in [4.69, 9.17) is 0 Å². The van der Waals surface area contributed by atoms with Crippen LogP contribution in [0.5, 0.6) is 0 Å². The Balaban J connectivity index is 1.60. The second-order valence-corrected chi connectivity index (χ2v) is 6.83. The molecule has 0 bridgehead atoms. The fourth-order valence-corrected chi connectivity index (χ4v) is 3.41. The highest BCUT2D eigenvalue weighted by molar-refractivity contribution is 6.10. The van der Waals surface area contributed by atoms with Gasteiger partial charge in [0.05, 0.1) is 6.54 Å². The summed E-state index contributed by atoms with van der Waals surface area (Å²) in [7, 11) is 1.62. The highest BCUT2D eigenvalue weighted by Gasteiger charge is 2.28. The molecule has 2 N–H and O–H groups in total. The molecule has 0 saturated carbocycles. The topological polar surface area (TPSA) is 61.4 Å². The highest BCUT2D eigenvalue weighted by Crippen LogP contribution is 2.31. The molecular formula is C23H21N3O2. The Morgan fingerprint density at radius 2 is 1.79 bits per heavy atom. The number of carbonyl (C=O) groups is 2. The van der Waals surface area contributed by atoms with Crippen LogP contribution in [-0.2, 0) is 6.54 Å². The lowest BCUT2D eigenvalue weighted by Gasteiger charge is -2.15. The van der Waals surface area contributed by atoms with Crippen molar-refractivity contribution in [3.8, 4) is 0 Å². The number of rotatable bonds is 4. The molecule has 0 fully saturated rings. The zero-order valence-electron chi connectivity index (χ0n) is 15.8. The summed E-state index contributed by atoms with van der Waals surface area (Å²) in [6, 6.07) is 21.0. The Hall–Kier alpha value is -3.60. The van der Waals surface area contributed by atoms with E-state index in [2.05, 4.69) is 10.6 Å². The number of nitrogens with one attached hydrogen (secondary N) is 2. The van der Waals surface area contributed by atoms with Gasteiger partial charge in [-0.05, 0) is 60.5 Å². The predicted molar refractivity (Wildman–Crippen MR) is 111 cm³/mol. The Morgan fingerprint density at radius 3 is 2.54 bits per heavy atom. The number of aryl methyl sites for hydroxylation is 1. The second kappa shape index (κ2) is 7.19. The van der Waals surface area contributed by atoms with Crippen LogP contribution in [-0.4, -0.2) is 18.9 Å². The van der Waals surface area contributed by atoms with Crippen LogP contribution in [0.1, 0.15) is 31.8 Å². The molecule has 4 rings (SSSR count). The number of hydrogen-bond acceptors (Lipinski definition) is 3. The predicted octanol–water partition coefficient (Wildman–Crippen LogP) is 4.26. The van der Waals surface area contributed by atoms with Gasteiger partial charge in [-0.2, -0.15) is 0 Å². The number of anilines is 3. The molecule has 5 heteroatoms. The van der Waals surface area contributed by atoms with Crippen LogP contribution in [0.15, 0.2) is 66.7 Å². The van der Waals surface area contributed by atoms with Crippen molar-refractivity contribution in [1.29, 1.82) is 0 Å². The van der Waals surface area contributed by atoms with Crippen molar-refractivity contribution in [3.63, 3.8) is 0 Å². The van der Waals surface area contributed by atoms with Crippen molar-refractivity contribution >= 4 is 28.9 Å². The van der Waals surface area contributed by atoms with Crippen molar-refractivity contribution in [3.05, 3.63) is 89.0 Å². The molecule has 0 radical (unpaired) electrons. The van der Waals surface area contributed by atoms with Crippen LogP contribution < -0.4 is 15.5 Å². The van der Waals surface area contributed by atoms with Crippen LogP contribution in [0.3, 0.4) is 0 Å². The molecule has 5 nitrogen and oxygen atoms in total. The first kappa shape index (κ1) is 17.8. The molecule has 0 saturated heterocycles. The van der Waals surface area contributed by atoms with Gasteiger partial charge in [0.1, 0.15) is 0 Å². The van der Waals surface area contributed by atoms with Gasteiger partial charge in [-0.3, -0.25) is 9.59 Å². The molecule has 2 amide bonds.